The summed E-state index contributed by atoms with van der Waals surface area (Å²) in [5, 5.41) is 29.3. The summed E-state index contributed by atoms with van der Waals surface area (Å²) < 4.78 is 10.9. The topological polar surface area (TPSA) is 289 Å². The van der Waals surface area contributed by atoms with Crippen molar-refractivity contribution in [3.8, 4) is 0 Å². The fourth-order valence-electron chi connectivity index (χ4n) is 13.3. The van der Waals surface area contributed by atoms with Gasteiger partial charge in [-0.2, -0.15) is 0 Å². The number of aliphatic hydroxyl groups excluding tert-OH is 1. The van der Waals surface area contributed by atoms with Crippen molar-refractivity contribution < 1.29 is 53.6 Å². The Morgan fingerprint density at radius 1 is 0.453 bits per heavy atom. The van der Waals surface area contributed by atoms with Crippen molar-refractivity contribution in [2.45, 2.75) is 398 Å². The Bertz CT molecular complexity index is 2720. The highest BCUT2D eigenvalue weighted by molar-refractivity contribution is 5.95. The maximum Gasteiger partial charge on any atom is 0.417 e. The van der Waals surface area contributed by atoms with Gasteiger partial charge in [0.05, 0.1) is 12.1 Å². The van der Waals surface area contributed by atoms with Gasteiger partial charge in [-0.3, -0.25) is 19.2 Å². The first kappa shape index (κ1) is 120. The van der Waals surface area contributed by atoms with E-state index in [2.05, 4.69) is 189 Å². The minimum absolute atomic E-state index is 0.0938. The summed E-state index contributed by atoms with van der Waals surface area (Å²) in [7, 11) is 0. The molecule has 2 aromatic rings. The normalized spacial score (nSPS) is 18.1. The van der Waals surface area contributed by atoms with Crippen LogP contribution in [0.5, 0.6) is 0 Å². The van der Waals surface area contributed by atoms with Crippen LogP contribution in [-0.2, 0) is 28.7 Å². The first-order valence-corrected chi connectivity index (χ1v) is 46.7. The van der Waals surface area contributed by atoms with Gasteiger partial charge in [0.15, 0.2) is 0 Å². The van der Waals surface area contributed by atoms with E-state index in [4.69, 9.17) is 41.8 Å². The molecule has 2 fully saturated rings. The number of carboxylic acid groups (broad SMARTS) is 2. The Balaban J connectivity index is -0.000000412. The van der Waals surface area contributed by atoms with Crippen LogP contribution in [-0.4, -0.2) is 99.4 Å². The highest BCUT2D eigenvalue weighted by Crippen LogP contribution is 2.36. The number of cyclic esters (lactones) is 2. The minimum Gasteiger partial charge on any atom is -0.481 e. The molecular formula is C99H185N7O11. The molecule has 117 heavy (non-hydrogen) atoms. The van der Waals surface area contributed by atoms with Gasteiger partial charge in [-0.1, -0.05) is 333 Å². The number of hydrogen-bond acceptors (Lipinski definition) is 12. The maximum atomic E-state index is 12.9. The van der Waals surface area contributed by atoms with Crippen molar-refractivity contribution in [3.05, 3.63) is 93.9 Å². The third-order valence-corrected chi connectivity index (χ3v) is 24.4. The number of carboxylic acids is 2. The number of ether oxygens (including phenoxy) is 2. The Labute approximate surface area is 718 Å². The van der Waals surface area contributed by atoms with Gasteiger partial charge in [-0.05, 0) is 211 Å². The molecular weight excluding hydrogens is 1460 g/mol. The number of amides is 4. The molecule has 18 heteroatoms. The Hall–Kier alpha value is -5.81. The highest BCUT2D eigenvalue weighted by atomic mass is 16.6. The molecule has 18 atom stereocenters. The summed E-state index contributed by atoms with van der Waals surface area (Å²) >= 11 is 0. The number of azide groups is 1. The number of rotatable bonds is 46. The van der Waals surface area contributed by atoms with Crippen molar-refractivity contribution in [1.29, 1.82) is 0 Å². The second-order valence-corrected chi connectivity index (χ2v) is 34.9. The molecule has 682 valence electrons. The summed E-state index contributed by atoms with van der Waals surface area (Å²) in [6.45, 7) is 63.1. The number of hydrogen-bond donors (Lipinski definition) is 5. The highest BCUT2D eigenvalue weighted by Gasteiger charge is 2.45. The number of nitrogens with zero attached hydrogens (tertiary/aromatic N) is 5. The Morgan fingerprint density at radius 2 is 0.795 bits per heavy atom. The standard InChI is InChI=1S/C19H27NO3.C17H23NO3.C10H20.C10H22.C9H19N3.C9H19NO2.C9H21N.C9H20O.C7H14O2/c1-5-13(3)12-15(6-2)18(21)20-14(4)17(23-19(20)22)16-10-8-7-9-11-16;1-4-12(2)10-11-15(19)18-13(3)16(21-17(18)20)14-8-6-5-7-9-14;1-5-10(4)8-6-7-9(2)3;1-5-9(4)8-10(6-2)7-3;1-4-8(3)6-9(5-2)7-11-12-10;1-3-7(2)4-8(6-10)5-9(11)12;2*1-4-8(3)6-9(5-2)7-10;1-3-6(2)4-5-7(8)9/h7-11,13-15,17H,5-6,12H2,1-4H3;5-9,12-13,16H,4,10-11H2,1-3H3;7,10H,5-6,8H2,1-4H3;9-10H,5-8H2,1-4H3;8-9H,4-7H2,1-3H3;7-8H,3-6,10H2,1-2H3,(H,11,12);8-9H,4-7,10H2,1-3H3;8-10H,4-7H2,1-3H3;6H,3-5H2,1-2H3,(H,8,9)/t13-,14+,15+,17+;12-,13+,16+;10-;9-;8-,9+;7-,8-;2*8-,9+;6-/m000000000/s1. The SMILES string of the molecule is CCC(CC)C[C@@H](C)CC.CC[C@H](C)CCC(=O)N1C(=O)O[C@@H](c2ccccc2)[C@H]1C.CC[C@H](C)CCC(=O)O.CC[C@H](C)CCC=C(C)C.CC[C@H](C)C[C@@H](CC)C(=O)N1C(=O)O[C@@H](c2ccccc2)[C@H]1C.CC[C@H](C)C[C@@H](CC)CN.CC[C@H](C)C[C@@H](CC)CN=[N+]=[N-].CC[C@H](C)C[C@@H](CC)CO.CC[C@H](C)C[C@H](CN)CC(=O)O. The molecule has 0 aromatic heterocycles. The van der Waals surface area contributed by atoms with Crippen LogP contribution < -0.4 is 11.5 Å². The molecule has 0 bridgehead atoms. The maximum absolute atomic E-state index is 12.9. The van der Waals surface area contributed by atoms with Gasteiger partial charge in [-0.25, -0.2) is 19.4 Å². The van der Waals surface area contributed by atoms with Crippen LogP contribution in [0.1, 0.15) is 397 Å². The fraction of sp³-hybridized carbons (Fsp3) is 0.798. The fourth-order valence-corrected chi connectivity index (χ4v) is 13.3. The van der Waals surface area contributed by atoms with Crippen molar-refractivity contribution in [3.63, 3.8) is 0 Å². The summed E-state index contributed by atoms with van der Waals surface area (Å²) in [5.74, 6) is 7.56. The predicted molar refractivity (Wildman–Crippen MR) is 496 cm³/mol. The van der Waals surface area contributed by atoms with Crippen LogP contribution in [0.3, 0.4) is 0 Å². The first-order valence-electron chi connectivity index (χ1n) is 46.7. The quantitative estimate of drug-likeness (QED) is 0.0179. The lowest BCUT2D eigenvalue weighted by molar-refractivity contribution is -0.138. The van der Waals surface area contributed by atoms with E-state index < -0.39 is 24.1 Å². The van der Waals surface area contributed by atoms with Crippen LogP contribution in [0, 0.1) is 88.8 Å². The molecule has 0 radical (unpaired) electrons. The zero-order valence-electron chi connectivity index (χ0n) is 80.4. The van der Waals surface area contributed by atoms with Crippen LogP contribution in [0.2, 0.25) is 0 Å². The molecule has 0 aliphatic carbocycles. The first-order chi connectivity index (χ1) is 55.4. The molecule has 2 aliphatic heterocycles. The molecule has 4 amide bonds. The van der Waals surface area contributed by atoms with E-state index in [0.29, 0.717) is 68.0 Å². The van der Waals surface area contributed by atoms with E-state index in [1.807, 2.05) is 81.4 Å². The van der Waals surface area contributed by atoms with E-state index in [-0.39, 0.29) is 54.4 Å². The van der Waals surface area contributed by atoms with Gasteiger partial charge in [0.2, 0.25) is 11.8 Å². The number of carbonyl (C=O) groups excluding carboxylic acids is 4. The van der Waals surface area contributed by atoms with E-state index in [1.54, 1.807) is 0 Å². The molecule has 0 spiro atoms. The lowest BCUT2D eigenvalue weighted by Crippen LogP contribution is -2.42. The summed E-state index contributed by atoms with van der Waals surface area (Å²) in [6.07, 6.45) is 30.1. The monoisotopic (exact) mass is 1650 g/mol. The summed E-state index contributed by atoms with van der Waals surface area (Å²) in [4.78, 5) is 75.2. The second-order valence-electron chi connectivity index (χ2n) is 34.9. The number of aliphatic carboxylic acids is 2. The van der Waals surface area contributed by atoms with E-state index in [1.165, 1.54) is 105 Å². The van der Waals surface area contributed by atoms with Gasteiger partial charge in [0.25, 0.3) is 0 Å². The van der Waals surface area contributed by atoms with E-state index >= 15 is 0 Å². The van der Waals surface area contributed by atoms with Crippen LogP contribution >= 0.6 is 0 Å². The number of aliphatic hydroxyl groups is 1. The number of nitrogens with two attached hydrogens (primary N) is 2. The Morgan fingerprint density at radius 3 is 1.14 bits per heavy atom. The van der Waals surface area contributed by atoms with Crippen LogP contribution in [0.25, 0.3) is 10.4 Å². The van der Waals surface area contributed by atoms with Crippen molar-refractivity contribution >= 4 is 35.9 Å². The molecule has 2 heterocycles. The average molecular weight is 1650 g/mol. The van der Waals surface area contributed by atoms with Gasteiger partial charge < -0.3 is 36.3 Å². The molecule has 0 saturated carbocycles. The van der Waals surface area contributed by atoms with Crippen molar-refractivity contribution in [2.24, 2.45) is 105 Å². The number of allylic oxidation sites excluding steroid dienone is 2. The Kier molecular flexibility index (Phi) is 78.1. The zero-order chi connectivity index (χ0) is 90.6. The largest absolute Gasteiger partial charge is 0.481 e. The average Bonchev–Trinajstić information content (AvgIpc) is 1.66. The number of carbonyl (C=O) groups is 6. The third-order valence-electron chi connectivity index (χ3n) is 24.4. The van der Waals surface area contributed by atoms with Gasteiger partial charge in [0.1, 0.15) is 12.2 Å². The molecule has 2 aromatic carbocycles. The number of benzene rings is 2. The van der Waals surface area contributed by atoms with Gasteiger partial charge >= 0.3 is 24.1 Å². The summed E-state index contributed by atoms with van der Waals surface area (Å²) in [5.41, 5.74) is 22.5. The second kappa shape index (κ2) is 76.3. The number of imide groups is 2. The smallest absolute Gasteiger partial charge is 0.417 e. The van der Waals surface area contributed by atoms with E-state index in [0.717, 1.165) is 130 Å². The minimum atomic E-state index is -0.742. The van der Waals surface area contributed by atoms with E-state index in [9.17, 15) is 28.8 Å². The van der Waals surface area contributed by atoms with Crippen LogP contribution in [0.15, 0.2) is 77.4 Å². The third kappa shape index (κ3) is 60.4. The molecule has 0 unspecified atom stereocenters. The molecule has 2 saturated heterocycles. The lowest BCUT2D eigenvalue weighted by Gasteiger charge is -2.25. The summed E-state index contributed by atoms with van der Waals surface area (Å²) in [6, 6.07) is 18.6. The lowest BCUT2D eigenvalue weighted by atomic mass is 9.90. The molecule has 18 nitrogen and oxygen atoms in total. The van der Waals surface area contributed by atoms with Crippen molar-refractivity contribution in [2.75, 3.05) is 26.2 Å². The van der Waals surface area contributed by atoms with Crippen LogP contribution in [0.4, 0.5) is 9.59 Å². The van der Waals surface area contributed by atoms with Gasteiger partial charge in [-0.15, -0.1) is 0 Å². The molecule has 2 aliphatic rings. The van der Waals surface area contributed by atoms with Crippen molar-refractivity contribution in [1.82, 2.24) is 9.80 Å². The zero-order valence-corrected chi connectivity index (χ0v) is 80.4. The predicted octanol–water partition coefficient (Wildman–Crippen LogP) is 28.1. The molecule has 4 rings (SSSR count). The molecule has 7 N–H and O–H groups in total. The van der Waals surface area contributed by atoms with Gasteiger partial charge in [0, 0.05) is 43.2 Å².